The average Bonchev–Trinajstić information content (AvgIpc) is 2.87. The number of amidine groups is 1. The van der Waals surface area contributed by atoms with E-state index in [-0.39, 0.29) is 0 Å². The Morgan fingerprint density at radius 1 is 1.53 bits per heavy atom. The summed E-state index contributed by atoms with van der Waals surface area (Å²) in [7, 11) is 0. The van der Waals surface area contributed by atoms with Crippen molar-refractivity contribution in [3.8, 4) is 0 Å². The predicted molar refractivity (Wildman–Crippen MR) is 80.4 cm³/mol. The molecule has 6 heteroatoms. The van der Waals surface area contributed by atoms with Gasteiger partial charge in [0.05, 0.1) is 6.20 Å². The Hall–Kier alpha value is -1.04. The van der Waals surface area contributed by atoms with Gasteiger partial charge in [-0.1, -0.05) is 37.7 Å². The number of aromatic nitrogens is 3. The lowest BCUT2D eigenvalue weighted by atomic mass is 9.85. The molecule has 0 aromatic carbocycles. The second kappa shape index (κ2) is 6.41. The molecular weight excluding hydrogens is 258 g/mol. The molecular formula is C13H23N5S. The molecule has 0 spiro atoms. The second-order valence-corrected chi connectivity index (χ2v) is 6.99. The van der Waals surface area contributed by atoms with Crippen LogP contribution in [-0.2, 0) is 6.54 Å². The summed E-state index contributed by atoms with van der Waals surface area (Å²) in [6.07, 6.45) is 5.80. The molecule has 0 bridgehead atoms. The van der Waals surface area contributed by atoms with Gasteiger partial charge < -0.3 is 5.32 Å². The smallest absolute Gasteiger partial charge is 0.156 e. The third-order valence-electron chi connectivity index (χ3n) is 3.26. The Kier molecular flexibility index (Phi) is 4.85. The summed E-state index contributed by atoms with van der Waals surface area (Å²) in [6, 6.07) is 0.530. The largest absolute Gasteiger partial charge is 0.362 e. The molecule has 1 aliphatic heterocycles. The molecule has 1 unspecified atom stereocenters. The van der Waals surface area contributed by atoms with E-state index >= 15 is 0 Å². The molecule has 1 atom stereocenters. The molecule has 0 saturated carbocycles. The normalized spacial score (nSPS) is 22.5. The van der Waals surface area contributed by atoms with Gasteiger partial charge in [0.2, 0.25) is 0 Å². The van der Waals surface area contributed by atoms with Crippen LogP contribution in [0.15, 0.2) is 17.4 Å². The lowest BCUT2D eigenvalue weighted by Gasteiger charge is -2.35. The van der Waals surface area contributed by atoms with Gasteiger partial charge >= 0.3 is 0 Å². The number of rotatable bonds is 4. The van der Waals surface area contributed by atoms with Crippen molar-refractivity contribution in [2.24, 2.45) is 10.4 Å². The van der Waals surface area contributed by atoms with Crippen LogP contribution in [-0.4, -0.2) is 38.5 Å². The number of thioether (sulfide) groups is 1. The zero-order chi connectivity index (χ0) is 13.7. The first-order valence-electron chi connectivity index (χ1n) is 6.83. The molecule has 0 amide bonds. The Bertz CT molecular complexity index is 407. The van der Waals surface area contributed by atoms with Gasteiger partial charge in [0.25, 0.3) is 0 Å². The van der Waals surface area contributed by atoms with Crippen LogP contribution in [0, 0.1) is 5.41 Å². The Morgan fingerprint density at radius 3 is 3.05 bits per heavy atom. The van der Waals surface area contributed by atoms with Gasteiger partial charge in [0, 0.05) is 31.1 Å². The first-order chi connectivity index (χ1) is 9.05. The van der Waals surface area contributed by atoms with E-state index in [4.69, 9.17) is 0 Å². The van der Waals surface area contributed by atoms with Crippen LogP contribution in [0.4, 0.5) is 0 Å². The van der Waals surface area contributed by atoms with Crippen molar-refractivity contribution in [3.63, 3.8) is 0 Å². The SMILES string of the molecule is CC(C)(C)C1CCSC(=NCCCn2ccnn2)N1. The van der Waals surface area contributed by atoms with Gasteiger partial charge in [-0.2, -0.15) is 0 Å². The maximum Gasteiger partial charge on any atom is 0.156 e. The minimum atomic E-state index is 0.294. The molecule has 2 rings (SSSR count). The van der Waals surface area contributed by atoms with Crippen molar-refractivity contribution in [3.05, 3.63) is 12.4 Å². The van der Waals surface area contributed by atoms with Crippen LogP contribution in [0.5, 0.6) is 0 Å². The van der Waals surface area contributed by atoms with E-state index in [0.29, 0.717) is 11.5 Å². The third kappa shape index (κ3) is 4.53. The van der Waals surface area contributed by atoms with Crippen molar-refractivity contribution in [1.82, 2.24) is 20.3 Å². The lowest BCUT2D eigenvalue weighted by molar-refractivity contribution is 0.290. The highest BCUT2D eigenvalue weighted by Crippen LogP contribution is 2.27. The van der Waals surface area contributed by atoms with E-state index in [1.54, 1.807) is 6.20 Å². The van der Waals surface area contributed by atoms with Crippen molar-refractivity contribution in [1.29, 1.82) is 0 Å². The lowest BCUT2D eigenvalue weighted by Crippen LogP contribution is -2.46. The first-order valence-corrected chi connectivity index (χ1v) is 7.82. The van der Waals surface area contributed by atoms with Gasteiger partial charge in [-0.3, -0.25) is 9.67 Å². The molecule has 1 aromatic heterocycles. The fraction of sp³-hybridized carbons (Fsp3) is 0.769. The monoisotopic (exact) mass is 281 g/mol. The molecule has 0 radical (unpaired) electrons. The fourth-order valence-corrected chi connectivity index (χ4v) is 3.00. The molecule has 2 heterocycles. The summed E-state index contributed by atoms with van der Waals surface area (Å²) in [5.74, 6) is 1.16. The zero-order valence-electron chi connectivity index (χ0n) is 12.0. The predicted octanol–water partition coefficient (Wildman–Crippen LogP) is 2.17. The average molecular weight is 281 g/mol. The summed E-state index contributed by atoms with van der Waals surface area (Å²) >= 11 is 1.84. The number of aryl methyl sites for hydroxylation is 1. The van der Waals surface area contributed by atoms with Gasteiger partial charge in [0.15, 0.2) is 5.17 Å². The minimum absolute atomic E-state index is 0.294. The van der Waals surface area contributed by atoms with Crippen LogP contribution in [0.3, 0.4) is 0 Å². The Balaban J connectivity index is 1.76. The van der Waals surface area contributed by atoms with E-state index in [2.05, 4.69) is 41.4 Å². The molecule has 1 aromatic rings. The highest BCUT2D eigenvalue weighted by molar-refractivity contribution is 8.13. The van der Waals surface area contributed by atoms with Crippen molar-refractivity contribution >= 4 is 16.9 Å². The molecule has 5 nitrogen and oxygen atoms in total. The fourth-order valence-electron chi connectivity index (χ4n) is 2.04. The maximum absolute atomic E-state index is 4.65. The number of nitrogens with zero attached hydrogens (tertiary/aromatic N) is 4. The topological polar surface area (TPSA) is 55.1 Å². The second-order valence-electron chi connectivity index (χ2n) is 5.91. The van der Waals surface area contributed by atoms with Crippen molar-refractivity contribution in [2.75, 3.05) is 12.3 Å². The number of nitrogens with one attached hydrogen (secondary N) is 1. The third-order valence-corrected chi connectivity index (χ3v) is 4.22. The Labute approximate surface area is 119 Å². The maximum atomic E-state index is 4.65. The highest BCUT2D eigenvalue weighted by Gasteiger charge is 2.28. The number of aliphatic imine (C=N–C) groups is 1. The van der Waals surface area contributed by atoms with E-state index in [0.717, 1.165) is 30.4 Å². The highest BCUT2D eigenvalue weighted by atomic mass is 32.2. The molecule has 106 valence electrons. The van der Waals surface area contributed by atoms with Gasteiger partial charge in [-0.05, 0) is 18.3 Å². The molecule has 1 aliphatic rings. The number of hydrogen-bond donors (Lipinski definition) is 1. The number of hydrogen-bond acceptors (Lipinski definition) is 4. The zero-order valence-corrected chi connectivity index (χ0v) is 12.8. The Morgan fingerprint density at radius 2 is 2.37 bits per heavy atom. The van der Waals surface area contributed by atoms with E-state index < -0.39 is 0 Å². The van der Waals surface area contributed by atoms with Crippen LogP contribution in [0.2, 0.25) is 0 Å². The summed E-state index contributed by atoms with van der Waals surface area (Å²) in [5.41, 5.74) is 0.294. The summed E-state index contributed by atoms with van der Waals surface area (Å²) in [4.78, 5) is 4.65. The van der Waals surface area contributed by atoms with Crippen LogP contribution >= 0.6 is 11.8 Å². The van der Waals surface area contributed by atoms with Crippen LogP contribution < -0.4 is 5.32 Å². The van der Waals surface area contributed by atoms with Gasteiger partial charge in [-0.25, -0.2) is 0 Å². The first kappa shape index (κ1) is 14.4. The van der Waals surface area contributed by atoms with Crippen molar-refractivity contribution in [2.45, 2.75) is 46.2 Å². The standard InChI is InChI=1S/C13H23N5S/c1-13(2,3)11-5-10-19-12(16-11)14-6-4-8-18-9-7-15-17-18/h7,9,11H,4-6,8,10H2,1-3H3,(H,14,16). The summed E-state index contributed by atoms with van der Waals surface area (Å²) in [5, 5.41) is 12.4. The van der Waals surface area contributed by atoms with Crippen molar-refractivity contribution < 1.29 is 0 Å². The van der Waals surface area contributed by atoms with Crippen LogP contribution in [0.25, 0.3) is 0 Å². The van der Waals surface area contributed by atoms with E-state index in [9.17, 15) is 0 Å². The molecule has 1 N–H and O–H groups in total. The molecule has 19 heavy (non-hydrogen) atoms. The van der Waals surface area contributed by atoms with E-state index in [1.165, 1.54) is 6.42 Å². The van der Waals surface area contributed by atoms with Gasteiger partial charge in [-0.15, -0.1) is 5.10 Å². The summed E-state index contributed by atoms with van der Waals surface area (Å²) in [6.45, 7) is 8.56. The van der Waals surface area contributed by atoms with E-state index in [1.807, 2.05) is 22.6 Å². The quantitative estimate of drug-likeness (QED) is 0.859. The van der Waals surface area contributed by atoms with Gasteiger partial charge in [0.1, 0.15) is 0 Å². The van der Waals surface area contributed by atoms with Crippen LogP contribution in [0.1, 0.15) is 33.6 Å². The molecule has 1 saturated heterocycles. The summed E-state index contributed by atoms with van der Waals surface area (Å²) < 4.78 is 1.85. The minimum Gasteiger partial charge on any atom is -0.362 e. The molecule has 0 aliphatic carbocycles. The molecule has 1 fully saturated rings.